The number of hydrogen-bond acceptors (Lipinski definition) is 3. The Bertz CT molecular complexity index is 562. The number of ether oxygens (including phenoxy) is 1. The van der Waals surface area contributed by atoms with E-state index in [1.165, 1.54) is 25.4 Å². The average Bonchev–Trinajstić information content (AvgIpc) is 2.80. The molecule has 0 aliphatic carbocycles. The Morgan fingerprint density at radius 1 is 1.42 bits per heavy atom. The third-order valence-corrected chi connectivity index (χ3v) is 2.96. The molecule has 6 heteroatoms. The summed E-state index contributed by atoms with van der Waals surface area (Å²) in [5.41, 5.74) is 6.83. The van der Waals surface area contributed by atoms with Gasteiger partial charge in [-0.15, -0.1) is 0 Å². The first-order chi connectivity index (χ1) is 9.08. The second-order valence-corrected chi connectivity index (χ2v) is 4.06. The quantitative estimate of drug-likeness (QED) is 0.924. The number of benzene rings is 1. The van der Waals surface area contributed by atoms with E-state index >= 15 is 0 Å². The van der Waals surface area contributed by atoms with Crippen molar-refractivity contribution in [3.63, 3.8) is 0 Å². The summed E-state index contributed by atoms with van der Waals surface area (Å²) in [7, 11) is 1.49. The topological polar surface area (TPSA) is 53.1 Å². The van der Waals surface area contributed by atoms with Crippen LogP contribution >= 0.6 is 0 Å². The summed E-state index contributed by atoms with van der Waals surface area (Å²) in [5, 5.41) is 4.11. The zero-order valence-electron chi connectivity index (χ0n) is 10.7. The van der Waals surface area contributed by atoms with Gasteiger partial charge in [-0.1, -0.05) is 6.07 Å². The first kappa shape index (κ1) is 13.5. The molecule has 1 heterocycles. The summed E-state index contributed by atoms with van der Waals surface area (Å²) in [6.45, 7) is 2.47. The molecule has 19 heavy (non-hydrogen) atoms. The highest BCUT2D eigenvalue weighted by Gasteiger charge is 2.22. The van der Waals surface area contributed by atoms with E-state index in [9.17, 15) is 8.78 Å². The van der Waals surface area contributed by atoms with Crippen LogP contribution in [-0.4, -0.2) is 16.9 Å². The number of methoxy groups -OCH3 is 1. The van der Waals surface area contributed by atoms with Crippen molar-refractivity contribution in [3.8, 4) is 5.75 Å². The molecule has 2 aromatic rings. The fourth-order valence-electron chi connectivity index (χ4n) is 2.00. The Morgan fingerprint density at radius 3 is 2.74 bits per heavy atom. The van der Waals surface area contributed by atoms with Gasteiger partial charge in [-0.2, -0.15) is 5.10 Å². The number of nitrogens with zero attached hydrogens (tertiary/aromatic N) is 2. The van der Waals surface area contributed by atoms with E-state index in [2.05, 4.69) is 5.10 Å². The maximum atomic E-state index is 13.8. The molecule has 0 aliphatic heterocycles. The number of halogens is 2. The van der Waals surface area contributed by atoms with Crippen molar-refractivity contribution < 1.29 is 13.5 Å². The molecule has 1 unspecified atom stereocenters. The molecule has 0 amide bonds. The molecule has 2 N–H and O–H groups in total. The molecule has 2 rings (SSSR count). The monoisotopic (exact) mass is 267 g/mol. The fourth-order valence-corrected chi connectivity index (χ4v) is 2.00. The third-order valence-electron chi connectivity index (χ3n) is 2.96. The van der Waals surface area contributed by atoms with Crippen molar-refractivity contribution in [1.82, 2.24) is 9.78 Å². The van der Waals surface area contributed by atoms with Crippen LogP contribution in [0.3, 0.4) is 0 Å². The third kappa shape index (κ3) is 2.44. The number of aromatic nitrogens is 2. The molecule has 0 saturated heterocycles. The van der Waals surface area contributed by atoms with Crippen LogP contribution in [0.5, 0.6) is 5.75 Å². The highest BCUT2D eigenvalue weighted by Crippen LogP contribution is 2.29. The Kier molecular flexibility index (Phi) is 3.80. The van der Waals surface area contributed by atoms with Gasteiger partial charge in [0.1, 0.15) is 17.3 Å². The van der Waals surface area contributed by atoms with Crippen LogP contribution < -0.4 is 10.5 Å². The largest absolute Gasteiger partial charge is 0.493 e. The van der Waals surface area contributed by atoms with Gasteiger partial charge in [-0.3, -0.25) is 4.68 Å². The molecule has 102 valence electrons. The van der Waals surface area contributed by atoms with Crippen LogP contribution in [0, 0.1) is 11.6 Å². The Hall–Kier alpha value is -1.95. The zero-order valence-corrected chi connectivity index (χ0v) is 10.7. The SMILES string of the molecule is CCn1ncc(OC)c1C(N)c1ccc(F)cc1F. The molecular formula is C13H15F2N3O. The van der Waals surface area contributed by atoms with Gasteiger partial charge in [-0.05, 0) is 13.0 Å². The van der Waals surface area contributed by atoms with Crippen molar-refractivity contribution in [2.75, 3.05) is 7.11 Å². The van der Waals surface area contributed by atoms with Gasteiger partial charge in [0.25, 0.3) is 0 Å². The molecule has 4 nitrogen and oxygen atoms in total. The highest BCUT2D eigenvalue weighted by molar-refractivity contribution is 5.36. The average molecular weight is 267 g/mol. The van der Waals surface area contributed by atoms with Crippen molar-refractivity contribution in [3.05, 3.63) is 47.3 Å². The number of rotatable bonds is 4. The van der Waals surface area contributed by atoms with Crippen molar-refractivity contribution in [2.45, 2.75) is 19.5 Å². The van der Waals surface area contributed by atoms with E-state index in [-0.39, 0.29) is 5.56 Å². The lowest BCUT2D eigenvalue weighted by Gasteiger charge is -2.16. The molecule has 1 atom stereocenters. The first-order valence-corrected chi connectivity index (χ1v) is 5.88. The lowest BCUT2D eigenvalue weighted by molar-refractivity contribution is 0.404. The zero-order chi connectivity index (χ0) is 14.0. The van der Waals surface area contributed by atoms with Gasteiger partial charge < -0.3 is 10.5 Å². The molecule has 1 aromatic heterocycles. The second-order valence-electron chi connectivity index (χ2n) is 4.06. The van der Waals surface area contributed by atoms with Crippen molar-refractivity contribution >= 4 is 0 Å². The number of nitrogens with two attached hydrogens (primary N) is 1. The molecule has 0 saturated carbocycles. The summed E-state index contributed by atoms with van der Waals surface area (Å²) in [6, 6.07) is 2.56. The van der Waals surface area contributed by atoms with Gasteiger partial charge in [0, 0.05) is 18.2 Å². The predicted molar refractivity (Wildman–Crippen MR) is 66.8 cm³/mol. The van der Waals surface area contributed by atoms with Gasteiger partial charge >= 0.3 is 0 Å². The molecule has 0 aliphatic rings. The number of hydrogen-bond donors (Lipinski definition) is 1. The van der Waals surface area contributed by atoms with Crippen LogP contribution in [0.4, 0.5) is 8.78 Å². The van der Waals surface area contributed by atoms with Gasteiger partial charge in [-0.25, -0.2) is 8.78 Å². The summed E-state index contributed by atoms with van der Waals surface area (Å²) < 4.78 is 33.5. The lowest BCUT2D eigenvalue weighted by Crippen LogP contribution is -2.19. The van der Waals surface area contributed by atoms with Gasteiger partial charge in [0.15, 0.2) is 5.75 Å². The molecule has 0 spiro atoms. The summed E-state index contributed by atoms with van der Waals surface area (Å²) in [4.78, 5) is 0. The van der Waals surface area contributed by atoms with E-state index in [1.54, 1.807) is 4.68 Å². The van der Waals surface area contributed by atoms with E-state index in [1.807, 2.05) is 6.92 Å². The van der Waals surface area contributed by atoms with E-state index in [0.717, 1.165) is 6.07 Å². The van der Waals surface area contributed by atoms with E-state index in [0.29, 0.717) is 18.0 Å². The highest BCUT2D eigenvalue weighted by atomic mass is 19.1. The summed E-state index contributed by atoms with van der Waals surface area (Å²) in [6.07, 6.45) is 1.53. The molecule has 0 bridgehead atoms. The maximum absolute atomic E-state index is 13.8. The minimum atomic E-state index is -0.766. The molecule has 1 aromatic carbocycles. The standard InChI is InChI=1S/C13H15F2N3O/c1-3-18-13(11(19-2)7-17-18)12(16)9-5-4-8(14)6-10(9)15/h4-7,12H,3,16H2,1-2H3. The second kappa shape index (κ2) is 5.36. The number of aryl methyl sites for hydroxylation is 1. The Labute approximate surface area is 109 Å². The van der Waals surface area contributed by atoms with E-state index < -0.39 is 17.7 Å². The summed E-state index contributed by atoms with van der Waals surface area (Å²) in [5.74, 6) is -0.833. The molecular weight excluding hydrogens is 252 g/mol. The van der Waals surface area contributed by atoms with Crippen LogP contribution in [0.15, 0.2) is 24.4 Å². The summed E-state index contributed by atoms with van der Waals surface area (Å²) >= 11 is 0. The fraction of sp³-hybridized carbons (Fsp3) is 0.308. The smallest absolute Gasteiger partial charge is 0.161 e. The molecule has 0 radical (unpaired) electrons. The Morgan fingerprint density at radius 2 is 2.16 bits per heavy atom. The Balaban J connectivity index is 2.48. The van der Waals surface area contributed by atoms with E-state index in [4.69, 9.17) is 10.5 Å². The van der Waals surface area contributed by atoms with Gasteiger partial charge in [0.2, 0.25) is 0 Å². The lowest BCUT2D eigenvalue weighted by atomic mass is 10.0. The molecule has 0 fully saturated rings. The maximum Gasteiger partial charge on any atom is 0.161 e. The first-order valence-electron chi connectivity index (χ1n) is 5.88. The van der Waals surface area contributed by atoms with Crippen LogP contribution in [0.2, 0.25) is 0 Å². The van der Waals surface area contributed by atoms with Crippen molar-refractivity contribution in [2.24, 2.45) is 5.73 Å². The van der Waals surface area contributed by atoms with Gasteiger partial charge in [0.05, 0.1) is 19.3 Å². The van der Waals surface area contributed by atoms with Crippen molar-refractivity contribution in [1.29, 1.82) is 0 Å². The van der Waals surface area contributed by atoms with Crippen LogP contribution in [0.25, 0.3) is 0 Å². The normalized spacial score (nSPS) is 12.5. The minimum absolute atomic E-state index is 0.204. The van der Waals surface area contributed by atoms with Crippen LogP contribution in [-0.2, 0) is 6.54 Å². The predicted octanol–water partition coefficient (Wildman–Crippen LogP) is 2.24. The minimum Gasteiger partial charge on any atom is -0.493 e. The van der Waals surface area contributed by atoms with Crippen LogP contribution in [0.1, 0.15) is 24.2 Å².